The van der Waals surface area contributed by atoms with Gasteiger partial charge in [0.25, 0.3) is 0 Å². The van der Waals surface area contributed by atoms with Gasteiger partial charge in [-0.1, -0.05) is 74.3 Å². The smallest absolute Gasteiger partial charge is 0.222 e. The van der Waals surface area contributed by atoms with Gasteiger partial charge in [0.1, 0.15) is 8.07 Å². The zero-order chi connectivity index (χ0) is 24.1. The molecule has 1 heterocycles. The summed E-state index contributed by atoms with van der Waals surface area (Å²) in [4.78, 5) is 13.6. The molecule has 4 atom stereocenters. The van der Waals surface area contributed by atoms with Crippen LogP contribution in [0, 0.1) is 23.3 Å². The van der Waals surface area contributed by atoms with Gasteiger partial charge in [0.15, 0.2) is 16.6 Å². The highest BCUT2D eigenvalue weighted by Gasteiger charge is 2.60. The summed E-state index contributed by atoms with van der Waals surface area (Å²) < 4.78 is 8.99. The molecule has 1 aliphatic rings. The molecule has 0 spiro atoms. The molecule has 30 heavy (non-hydrogen) atoms. The van der Waals surface area contributed by atoms with Crippen LogP contribution in [0.25, 0.3) is 0 Å². The van der Waals surface area contributed by atoms with Crippen LogP contribution in [0.4, 0.5) is 0 Å². The van der Waals surface area contributed by atoms with Crippen LogP contribution >= 0.6 is 0 Å². The topological polar surface area (TPSA) is 29.5 Å². The van der Waals surface area contributed by atoms with Gasteiger partial charge in [0.2, 0.25) is 5.91 Å². The Morgan fingerprint density at radius 2 is 1.37 bits per heavy atom. The number of carbonyl (C=O) groups is 1. The molecule has 1 saturated heterocycles. The maximum Gasteiger partial charge on any atom is 0.222 e. The van der Waals surface area contributed by atoms with E-state index in [-0.39, 0.29) is 34.1 Å². The molecular weight excluding hydrogens is 419 g/mol. The lowest BCUT2D eigenvalue weighted by atomic mass is 9.79. The Kier molecular flexibility index (Phi) is 7.87. The number of carbonyl (C=O) groups excluding carboxylic acids is 1. The van der Waals surface area contributed by atoms with E-state index >= 15 is 0 Å². The summed E-state index contributed by atoms with van der Waals surface area (Å²) >= 11 is 0. The first-order valence-corrected chi connectivity index (χ1v) is 20.9. The van der Waals surface area contributed by atoms with Crippen LogP contribution in [0.15, 0.2) is 0 Å². The summed E-state index contributed by atoms with van der Waals surface area (Å²) in [6, 6.07) is 0.155. The van der Waals surface area contributed by atoms with Crippen molar-refractivity contribution in [2.24, 2.45) is 11.8 Å². The van der Waals surface area contributed by atoms with Crippen LogP contribution in [-0.4, -0.2) is 47.2 Å². The molecule has 0 saturated carbocycles. The standard InChI is InChI=1S/C24H49NO2Si3/c1-18(16-17-28(9,10)11)21-20(19(2)27-30(14,15)24(6,7)8)22(26)25(21)29(12,13)23(3,4)5/h18-21H,1-15H3/t18-,19+,20+,21+/m0/s1. The van der Waals surface area contributed by atoms with E-state index in [1.165, 1.54) is 0 Å². The third kappa shape index (κ3) is 5.70. The maximum absolute atomic E-state index is 13.6. The minimum atomic E-state index is -1.99. The summed E-state index contributed by atoms with van der Waals surface area (Å²) in [6.07, 6.45) is -0.0689. The third-order valence-electron chi connectivity index (χ3n) is 7.61. The number of rotatable bonds is 5. The average molecular weight is 468 g/mol. The van der Waals surface area contributed by atoms with Crippen LogP contribution in [0.1, 0.15) is 55.4 Å². The van der Waals surface area contributed by atoms with Gasteiger partial charge < -0.3 is 8.99 Å². The van der Waals surface area contributed by atoms with E-state index in [1.807, 2.05) is 0 Å². The molecule has 1 rings (SSSR count). The molecule has 0 radical (unpaired) electrons. The summed E-state index contributed by atoms with van der Waals surface area (Å²) in [5, 5.41) is 0.243. The second kappa shape index (κ2) is 8.53. The molecule has 0 N–H and O–H groups in total. The highest BCUT2D eigenvalue weighted by atomic mass is 28.4. The lowest BCUT2D eigenvalue weighted by Gasteiger charge is -2.61. The monoisotopic (exact) mass is 467 g/mol. The van der Waals surface area contributed by atoms with Crippen molar-refractivity contribution in [1.29, 1.82) is 0 Å². The lowest BCUT2D eigenvalue weighted by Crippen LogP contribution is -2.76. The lowest BCUT2D eigenvalue weighted by molar-refractivity contribution is -0.156. The predicted molar refractivity (Wildman–Crippen MR) is 139 cm³/mol. The second-order valence-electron chi connectivity index (χ2n) is 13.4. The highest BCUT2D eigenvalue weighted by Crippen LogP contribution is 2.48. The van der Waals surface area contributed by atoms with Gasteiger partial charge >= 0.3 is 0 Å². The van der Waals surface area contributed by atoms with E-state index in [9.17, 15) is 4.79 Å². The largest absolute Gasteiger partial charge is 0.413 e. The van der Waals surface area contributed by atoms with Crippen molar-refractivity contribution in [3.63, 3.8) is 0 Å². The number of amides is 1. The zero-order valence-electron chi connectivity index (χ0n) is 22.6. The fraction of sp³-hybridized carbons (Fsp3) is 0.875. The quantitative estimate of drug-likeness (QED) is 0.254. The summed E-state index contributed by atoms with van der Waals surface area (Å²) in [6.45, 7) is 34.1. The van der Waals surface area contributed by atoms with Gasteiger partial charge in [0, 0.05) is 5.92 Å². The van der Waals surface area contributed by atoms with Crippen molar-refractivity contribution in [2.75, 3.05) is 0 Å². The Morgan fingerprint density at radius 1 is 0.900 bits per heavy atom. The van der Waals surface area contributed by atoms with Gasteiger partial charge in [-0.2, -0.15) is 0 Å². The molecule has 0 aliphatic carbocycles. The van der Waals surface area contributed by atoms with Gasteiger partial charge in [-0.3, -0.25) is 4.79 Å². The molecule has 0 aromatic heterocycles. The minimum Gasteiger partial charge on any atom is -0.413 e. The number of β-lactam (4-membered cyclic amide) rings is 1. The summed E-state index contributed by atoms with van der Waals surface area (Å²) in [5.74, 6) is 3.95. The molecule has 0 aromatic carbocycles. The van der Waals surface area contributed by atoms with Crippen LogP contribution in [0.2, 0.25) is 55.9 Å². The number of nitrogens with zero attached hydrogens (tertiary/aromatic N) is 1. The molecule has 1 fully saturated rings. The van der Waals surface area contributed by atoms with Crippen molar-refractivity contribution in [3.05, 3.63) is 0 Å². The van der Waals surface area contributed by atoms with E-state index < -0.39 is 24.6 Å². The minimum absolute atomic E-state index is 0.0689. The molecule has 0 aromatic rings. The van der Waals surface area contributed by atoms with E-state index in [4.69, 9.17) is 4.43 Å². The Morgan fingerprint density at radius 3 is 1.73 bits per heavy atom. The van der Waals surface area contributed by atoms with Crippen LogP contribution in [-0.2, 0) is 9.22 Å². The van der Waals surface area contributed by atoms with E-state index in [2.05, 4.69) is 117 Å². The Hall–Kier alpha value is -0.359. The maximum atomic E-state index is 13.6. The molecule has 1 aliphatic heterocycles. The molecule has 3 nitrogen and oxygen atoms in total. The van der Waals surface area contributed by atoms with Crippen molar-refractivity contribution in [2.45, 2.75) is 123 Å². The van der Waals surface area contributed by atoms with Gasteiger partial charge in [-0.15, -0.1) is 11.5 Å². The zero-order valence-corrected chi connectivity index (χ0v) is 25.6. The second-order valence-corrected chi connectivity index (χ2v) is 28.0. The fourth-order valence-electron chi connectivity index (χ4n) is 3.69. The molecule has 174 valence electrons. The first-order chi connectivity index (χ1) is 13.0. The first-order valence-electron chi connectivity index (χ1n) is 11.6. The molecule has 1 amide bonds. The molecule has 0 bridgehead atoms. The van der Waals surface area contributed by atoms with E-state index in [0.29, 0.717) is 5.91 Å². The predicted octanol–water partition coefficient (Wildman–Crippen LogP) is 6.75. The Labute approximate surface area is 191 Å². The third-order valence-corrected chi connectivity index (χ3v) is 18.5. The highest BCUT2D eigenvalue weighted by molar-refractivity contribution is 6.84. The van der Waals surface area contributed by atoms with E-state index in [1.54, 1.807) is 0 Å². The van der Waals surface area contributed by atoms with Crippen LogP contribution in [0.5, 0.6) is 0 Å². The van der Waals surface area contributed by atoms with Crippen molar-refractivity contribution in [1.82, 2.24) is 4.57 Å². The van der Waals surface area contributed by atoms with Gasteiger partial charge in [0.05, 0.1) is 18.1 Å². The summed E-state index contributed by atoms with van der Waals surface area (Å²) in [7, 11) is -5.40. The van der Waals surface area contributed by atoms with Crippen molar-refractivity contribution >= 4 is 30.5 Å². The number of hydrogen-bond acceptors (Lipinski definition) is 2. The normalized spacial score (nSPS) is 23.4. The van der Waals surface area contributed by atoms with Gasteiger partial charge in [-0.25, -0.2) is 0 Å². The Balaban J connectivity index is 3.34. The molecule has 0 unspecified atom stereocenters. The van der Waals surface area contributed by atoms with Crippen molar-refractivity contribution in [3.8, 4) is 11.5 Å². The SMILES string of the molecule is C[C@@H](C#C[Si](C)(C)C)[C@@H]1[C@@H]([C@@H](C)O[Si](C)(C)C(C)(C)C)C(=O)N1[Si](C)(C)C(C)(C)C. The fourth-order valence-corrected chi connectivity index (χ4v) is 8.33. The summed E-state index contributed by atoms with van der Waals surface area (Å²) in [5.41, 5.74) is 3.56. The molecular formula is C24H49NO2Si3. The van der Waals surface area contributed by atoms with Crippen molar-refractivity contribution < 1.29 is 9.22 Å². The van der Waals surface area contributed by atoms with Crippen LogP contribution in [0.3, 0.4) is 0 Å². The Bertz CT molecular complexity index is 699. The molecule has 6 heteroatoms. The average Bonchev–Trinajstić information content (AvgIpc) is 2.46. The first kappa shape index (κ1) is 27.7. The number of hydrogen-bond donors (Lipinski definition) is 0. The van der Waals surface area contributed by atoms with Crippen LogP contribution < -0.4 is 0 Å². The van der Waals surface area contributed by atoms with Gasteiger partial charge in [-0.05, 0) is 37.0 Å². The van der Waals surface area contributed by atoms with E-state index in [0.717, 1.165) is 0 Å².